The van der Waals surface area contributed by atoms with E-state index < -0.39 is 0 Å². The highest BCUT2D eigenvalue weighted by molar-refractivity contribution is 6.30. The summed E-state index contributed by atoms with van der Waals surface area (Å²) >= 11 is 6.00. The number of anilines is 2. The third kappa shape index (κ3) is 4.58. The number of nitrogens with zero attached hydrogens (tertiary/aromatic N) is 2. The van der Waals surface area contributed by atoms with Gasteiger partial charge >= 0.3 is 0 Å². The van der Waals surface area contributed by atoms with Gasteiger partial charge in [0.05, 0.1) is 29.4 Å². The van der Waals surface area contributed by atoms with Gasteiger partial charge < -0.3 is 15.1 Å². The number of benzene rings is 2. The SMILES string of the molecule is CC(C)c1c(C(=O)Nc2cccc(NC(=O)c3ccco3)c2)cnn1-c1ccc(Cl)cc1. The minimum absolute atomic E-state index is 0.0489. The van der Waals surface area contributed by atoms with Gasteiger partial charge in [-0.05, 0) is 60.5 Å². The molecular weight excluding hydrogens is 428 g/mol. The molecule has 2 aromatic carbocycles. The van der Waals surface area contributed by atoms with E-state index in [0.29, 0.717) is 22.0 Å². The molecule has 0 radical (unpaired) electrons. The number of nitrogens with one attached hydrogen (secondary N) is 2. The average molecular weight is 449 g/mol. The lowest BCUT2D eigenvalue weighted by Crippen LogP contribution is -2.16. The van der Waals surface area contributed by atoms with Crippen molar-refractivity contribution in [1.82, 2.24) is 9.78 Å². The van der Waals surface area contributed by atoms with Crippen LogP contribution in [0.15, 0.2) is 77.5 Å². The largest absolute Gasteiger partial charge is 0.459 e. The van der Waals surface area contributed by atoms with Crippen LogP contribution in [-0.4, -0.2) is 21.6 Å². The van der Waals surface area contributed by atoms with Crippen LogP contribution in [0.3, 0.4) is 0 Å². The normalized spacial score (nSPS) is 10.9. The van der Waals surface area contributed by atoms with E-state index in [-0.39, 0.29) is 23.5 Å². The summed E-state index contributed by atoms with van der Waals surface area (Å²) in [4.78, 5) is 25.3. The predicted octanol–water partition coefficient (Wildman–Crippen LogP) is 5.75. The molecule has 8 heteroatoms. The molecule has 0 fully saturated rings. The minimum Gasteiger partial charge on any atom is -0.459 e. The fourth-order valence-corrected chi connectivity index (χ4v) is 3.48. The molecule has 7 nitrogen and oxygen atoms in total. The van der Waals surface area contributed by atoms with Crippen molar-refractivity contribution in [3.05, 3.63) is 95.2 Å². The van der Waals surface area contributed by atoms with Crippen LogP contribution in [0, 0.1) is 0 Å². The Morgan fingerprint density at radius 1 is 0.969 bits per heavy atom. The smallest absolute Gasteiger partial charge is 0.291 e. The van der Waals surface area contributed by atoms with E-state index in [1.54, 1.807) is 59.4 Å². The summed E-state index contributed by atoms with van der Waals surface area (Å²) in [5.41, 5.74) is 3.15. The first-order valence-electron chi connectivity index (χ1n) is 10.0. The first-order chi connectivity index (χ1) is 15.4. The second-order valence-electron chi connectivity index (χ2n) is 7.45. The topological polar surface area (TPSA) is 89.2 Å². The number of aromatic nitrogens is 2. The van der Waals surface area contributed by atoms with Crippen LogP contribution in [0.4, 0.5) is 11.4 Å². The van der Waals surface area contributed by atoms with E-state index in [1.165, 1.54) is 6.26 Å². The van der Waals surface area contributed by atoms with Crippen LogP contribution >= 0.6 is 11.6 Å². The highest BCUT2D eigenvalue weighted by Crippen LogP contribution is 2.25. The van der Waals surface area contributed by atoms with Crippen molar-refractivity contribution >= 4 is 34.8 Å². The number of halogens is 1. The Morgan fingerprint density at radius 3 is 2.28 bits per heavy atom. The minimum atomic E-state index is -0.371. The van der Waals surface area contributed by atoms with Crippen molar-refractivity contribution in [2.24, 2.45) is 0 Å². The van der Waals surface area contributed by atoms with Gasteiger partial charge in [0.1, 0.15) is 0 Å². The second kappa shape index (κ2) is 9.11. The van der Waals surface area contributed by atoms with Crippen LogP contribution < -0.4 is 10.6 Å². The zero-order chi connectivity index (χ0) is 22.7. The summed E-state index contributed by atoms with van der Waals surface area (Å²) in [6.45, 7) is 4.01. The van der Waals surface area contributed by atoms with Crippen molar-refractivity contribution in [2.75, 3.05) is 10.6 Å². The highest BCUT2D eigenvalue weighted by Gasteiger charge is 2.21. The fraction of sp³-hybridized carbons (Fsp3) is 0.125. The molecule has 32 heavy (non-hydrogen) atoms. The molecule has 0 saturated carbocycles. The third-order valence-corrected chi connectivity index (χ3v) is 5.04. The molecule has 0 unspecified atom stereocenters. The summed E-state index contributed by atoms with van der Waals surface area (Å²) in [6.07, 6.45) is 2.99. The van der Waals surface area contributed by atoms with Gasteiger partial charge in [-0.1, -0.05) is 31.5 Å². The van der Waals surface area contributed by atoms with Crippen molar-refractivity contribution in [1.29, 1.82) is 0 Å². The van der Waals surface area contributed by atoms with Crippen LogP contribution in [0.25, 0.3) is 5.69 Å². The average Bonchev–Trinajstić information content (AvgIpc) is 3.45. The maximum atomic E-state index is 13.1. The molecule has 2 amide bonds. The van der Waals surface area contributed by atoms with Crippen LogP contribution in [0.1, 0.15) is 46.4 Å². The van der Waals surface area contributed by atoms with E-state index in [4.69, 9.17) is 16.0 Å². The van der Waals surface area contributed by atoms with Gasteiger partial charge in [-0.2, -0.15) is 5.10 Å². The summed E-state index contributed by atoms with van der Waals surface area (Å²) in [7, 11) is 0. The Balaban J connectivity index is 1.55. The Labute approximate surface area is 190 Å². The Morgan fingerprint density at radius 2 is 1.66 bits per heavy atom. The molecule has 0 spiro atoms. The number of rotatable bonds is 6. The maximum Gasteiger partial charge on any atom is 0.291 e. The van der Waals surface area contributed by atoms with Crippen LogP contribution in [0.2, 0.25) is 5.02 Å². The molecule has 162 valence electrons. The highest BCUT2D eigenvalue weighted by atomic mass is 35.5. The van der Waals surface area contributed by atoms with Crippen LogP contribution in [0.5, 0.6) is 0 Å². The van der Waals surface area contributed by atoms with Crippen LogP contribution in [-0.2, 0) is 0 Å². The van der Waals surface area contributed by atoms with Crippen molar-refractivity contribution in [2.45, 2.75) is 19.8 Å². The standard InChI is InChI=1S/C24H21ClN4O3/c1-15(2)22-20(14-26-29(22)19-10-8-16(25)9-11-19)23(30)27-17-5-3-6-18(13-17)28-24(31)21-7-4-12-32-21/h3-15H,1-2H3,(H,27,30)(H,28,31). The van der Waals surface area contributed by atoms with Gasteiger partial charge in [-0.15, -0.1) is 0 Å². The number of carbonyl (C=O) groups excluding carboxylic acids is 2. The van der Waals surface area contributed by atoms with Gasteiger partial charge in [0.2, 0.25) is 0 Å². The Hall–Kier alpha value is -3.84. The molecule has 0 aliphatic carbocycles. The molecule has 2 heterocycles. The van der Waals surface area contributed by atoms with Crippen molar-refractivity contribution in [3.63, 3.8) is 0 Å². The molecule has 0 aliphatic heterocycles. The first-order valence-corrected chi connectivity index (χ1v) is 10.4. The number of carbonyl (C=O) groups is 2. The molecule has 0 aliphatic rings. The quantitative estimate of drug-likeness (QED) is 0.393. The summed E-state index contributed by atoms with van der Waals surface area (Å²) < 4.78 is 6.85. The molecule has 0 atom stereocenters. The molecule has 2 N–H and O–H groups in total. The zero-order valence-corrected chi connectivity index (χ0v) is 18.3. The lowest BCUT2D eigenvalue weighted by atomic mass is 10.0. The second-order valence-corrected chi connectivity index (χ2v) is 7.89. The van der Waals surface area contributed by atoms with Crippen molar-refractivity contribution < 1.29 is 14.0 Å². The van der Waals surface area contributed by atoms with E-state index in [1.807, 2.05) is 26.0 Å². The molecular formula is C24H21ClN4O3. The van der Waals surface area contributed by atoms with E-state index >= 15 is 0 Å². The van der Waals surface area contributed by atoms with E-state index in [9.17, 15) is 9.59 Å². The number of hydrogen-bond acceptors (Lipinski definition) is 4. The lowest BCUT2D eigenvalue weighted by molar-refractivity contribution is 0.0995. The number of amides is 2. The fourth-order valence-electron chi connectivity index (χ4n) is 3.35. The van der Waals surface area contributed by atoms with Gasteiger partial charge in [0, 0.05) is 16.4 Å². The third-order valence-electron chi connectivity index (χ3n) is 4.79. The van der Waals surface area contributed by atoms with Crippen molar-refractivity contribution in [3.8, 4) is 5.69 Å². The molecule has 0 bridgehead atoms. The molecule has 4 aromatic rings. The van der Waals surface area contributed by atoms with Gasteiger partial charge in [0.15, 0.2) is 5.76 Å². The Kier molecular flexibility index (Phi) is 6.09. The molecule has 4 rings (SSSR count). The Bertz CT molecular complexity index is 1240. The molecule has 2 aromatic heterocycles. The summed E-state index contributed by atoms with van der Waals surface area (Å²) in [6, 6.07) is 17.4. The van der Waals surface area contributed by atoms with E-state index in [0.717, 1.165) is 11.4 Å². The summed E-state index contributed by atoms with van der Waals surface area (Å²) in [5, 5.41) is 10.7. The van der Waals surface area contributed by atoms with Gasteiger partial charge in [0.25, 0.3) is 11.8 Å². The monoisotopic (exact) mass is 448 g/mol. The maximum absolute atomic E-state index is 13.1. The lowest BCUT2D eigenvalue weighted by Gasteiger charge is -2.13. The predicted molar refractivity (Wildman–Crippen MR) is 124 cm³/mol. The molecule has 0 saturated heterocycles. The number of hydrogen-bond donors (Lipinski definition) is 2. The van der Waals surface area contributed by atoms with E-state index in [2.05, 4.69) is 15.7 Å². The summed E-state index contributed by atoms with van der Waals surface area (Å²) in [5.74, 6) is -0.406. The number of furan rings is 1. The van der Waals surface area contributed by atoms with Gasteiger partial charge in [-0.25, -0.2) is 4.68 Å². The zero-order valence-electron chi connectivity index (χ0n) is 17.5. The first kappa shape index (κ1) is 21.4. The van der Waals surface area contributed by atoms with Gasteiger partial charge in [-0.3, -0.25) is 9.59 Å².